The maximum atomic E-state index is 12.1. The van der Waals surface area contributed by atoms with Crippen molar-refractivity contribution in [3.05, 3.63) is 89.4 Å². The maximum absolute atomic E-state index is 12.1. The Kier molecular flexibility index (Phi) is 7.08. The second kappa shape index (κ2) is 10.1. The van der Waals surface area contributed by atoms with Crippen LogP contribution < -0.4 is 20.7 Å². The third-order valence-corrected chi connectivity index (χ3v) is 4.14. The van der Waals surface area contributed by atoms with Crippen molar-refractivity contribution in [3.63, 3.8) is 0 Å². The van der Waals surface area contributed by atoms with Crippen LogP contribution in [0.3, 0.4) is 0 Å². The zero-order chi connectivity index (χ0) is 20.5. The number of carbonyl (C=O) groups is 2. The van der Waals surface area contributed by atoms with Crippen LogP contribution in [0, 0.1) is 0 Å². The van der Waals surface area contributed by atoms with E-state index in [0.717, 1.165) is 5.56 Å². The second-order valence-corrected chi connectivity index (χ2v) is 6.60. The highest BCUT2D eigenvalue weighted by Gasteiger charge is 2.06. The first-order valence-corrected chi connectivity index (χ1v) is 9.33. The summed E-state index contributed by atoms with van der Waals surface area (Å²) in [7, 11) is 0. The zero-order valence-electron chi connectivity index (χ0n) is 15.5. The van der Waals surface area contributed by atoms with Gasteiger partial charge in [-0.05, 0) is 42.0 Å². The number of halogens is 1. The summed E-state index contributed by atoms with van der Waals surface area (Å²) in [6.07, 6.45) is 0. The number of anilines is 2. The Labute approximate surface area is 173 Å². The van der Waals surface area contributed by atoms with E-state index in [-0.39, 0.29) is 18.5 Å². The Morgan fingerprint density at radius 2 is 1.55 bits per heavy atom. The molecule has 3 N–H and O–H groups in total. The fourth-order valence-electron chi connectivity index (χ4n) is 2.49. The highest BCUT2D eigenvalue weighted by molar-refractivity contribution is 6.30. The Morgan fingerprint density at radius 3 is 2.31 bits per heavy atom. The number of benzene rings is 3. The predicted molar refractivity (Wildman–Crippen MR) is 114 cm³/mol. The molecule has 0 radical (unpaired) electrons. The number of carbonyl (C=O) groups excluding carboxylic acids is 2. The van der Waals surface area contributed by atoms with Gasteiger partial charge in [-0.15, -0.1) is 0 Å². The Hall–Kier alpha value is -3.51. The summed E-state index contributed by atoms with van der Waals surface area (Å²) in [6.45, 7) is 0.236. The molecule has 0 bridgehead atoms. The maximum Gasteiger partial charge on any atom is 0.319 e. The number of urea groups is 1. The van der Waals surface area contributed by atoms with E-state index in [1.54, 1.807) is 48.5 Å². The molecule has 0 aliphatic heterocycles. The molecule has 0 aliphatic rings. The molecule has 3 amide bonds. The van der Waals surface area contributed by atoms with Gasteiger partial charge in [0.2, 0.25) is 0 Å². The minimum absolute atomic E-state index is 0.138. The van der Waals surface area contributed by atoms with E-state index in [1.165, 1.54) is 0 Å². The standard InChI is InChI=1S/C22H20ClN3O3/c23-17-11-9-16(10-12-17)14-24-22(28)26-19-7-4-8-20(13-19)29-15-21(27)25-18-5-2-1-3-6-18/h1-13H,14-15H2,(H,25,27)(H2,24,26,28). The molecule has 148 valence electrons. The van der Waals surface area contributed by atoms with E-state index in [2.05, 4.69) is 16.0 Å². The average Bonchev–Trinajstić information content (AvgIpc) is 2.73. The monoisotopic (exact) mass is 409 g/mol. The van der Waals surface area contributed by atoms with Gasteiger partial charge >= 0.3 is 6.03 Å². The summed E-state index contributed by atoms with van der Waals surface area (Å²) in [4.78, 5) is 24.0. The molecule has 3 aromatic carbocycles. The number of hydrogen-bond donors (Lipinski definition) is 3. The summed E-state index contributed by atoms with van der Waals surface area (Å²) in [5.74, 6) is 0.207. The minimum atomic E-state index is -0.348. The third kappa shape index (κ3) is 6.86. The van der Waals surface area contributed by atoms with Crippen molar-refractivity contribution in [2.75, 3.05) is 17.2 Å². The minimum Gasteiger partial charge on any atom is -0.484 e. The SMILES string of the molecule is O=C(COc1cccc(NC(=O)NCc2ccc(Cl)cc2)c1)Nc1ccccc1. The van der Waals surface area contributed by atoms with Crippen molar-refractivity contribution in [2.45, 2.75) is 6.54 Å². The molecule has 3 aromatic rings. The van der Waals surface area contributed by atoms with Crippen LogP contribution in [0.2, 0.25) is 5.02 Å². The van der Waals surface area contributed by atoms with Crippen molar-refractivity contribution in [1.29, 1.82) is 0 Å². The van der Waals surface area contributed by atoms with Crippen LogP contribution in [0.1, 0.15) is 5.56 Å². The second-order valence-electron chi connectivity index (χ2n) is 6.16. The molecule has 0 saturated heterocycles. The normalized spacial score (nSPS) is 10.1. The largest absolute Gasteiger partial charge is 0.484 e. The molecule has 0 atom stereocenters. The van der Waals surface area contributed by atoms with Crippen molar-refractivity contribution >= 4 is 34.9 Å². The molecule has 0 aliphatic carbocycles. The molecular weight excluding hydrogens is 390 g/mol. The van der Waals surface area contributed by atoms with E-state index in [9.17, 15) is 9.59 Å². The molecule has 0 spiro atoms. The van der Waals surface area contributed by atoms with Crippen LogP contribution in [0.15, 0.2) is 78.9 Å². The smallest absolute Gasteiger partial charge is 0.319 e. The topological polar surface area (TPSA) is 79.5 Å². The van der Waals surface area contributed by atoms with E-state index in [0.29, 0.717) is 28.7 Å². The van der Waals surface area contributed by atoms with Gasteiger partial charge < -0.3 is 20.7 Å². The number of rotatable bonds is 7. The van der Waals surface area contributed by atoms with Crippen molar-refractivity contribution in [3.8, 4) is 5.75 Å². The molecule has 29 heavy (non-hydrogen) atoms. The Balaban J connectivity index is 1.46. The summed E-state index contributed by atoms with van der Waals surface area (Å²) >= 11 is 5.85. The van der Waals surface area contributed by atoms with Gasteiger partial charge in [0.1, 0.15) is 5.75 Å². The molecule has 6 nitrogen and oxygen atoms in total. The number of amides is 3. The van der Waals surface area contributed by atoms with Gasteiger partial charge in [-0.2, -0.15) is 0 Å². The molecule has 3 rings (SSSR count). The molecule has 0 fully saturated rings. The van der Waals surface area contributed by atoms with Crippen LogP contribution >= 0.6 is 11.6 Å². The lowest BCUT2D eigenvalue weighted by atomic mass is 10.2. The summed E-state index contributed by atoms with van der Waals surface area (Å²) in [6, 6.07) is 22.9. The van der Waals surface area contributed by atoms with Crippen molar-refractivity contribution < 1.29 is 14.3 Å². The molecular formula is C22H20ClN3O3. The van der Waals surface area contributed by atoms with Crippen LogP contribution in [0.5, 0.6) is 5.75 Å². The lowest BCUT2D eigenvalue weighted by Crippen LogP contribution is -2.28. The molecule has 0 saturated carbocycles. The third-order valence-electron chi connectivity index (χ3n) is 3.89. The highest BCUT2D eigenvalue weighted by Crippen LogP contribution is 2.17. The van der Waals surface area contributed by atoms with E-state index in [1.807, 2.05) is 30.3 Å². The number of para-hydroxylation sites is 1. The van der Waals surface area contributed by atoms with Crippen LogP contribution in [-0.2, 0) is 11.3 Å². The van der Waals surface area contributed by atoms with E-state index in [4.69, 9.17) is 16.3 Å². The number of hydrogen-bond acceptors (Lipinski definition) is 3. The first kappa shape index (κ1) is 20.2. The van der Waals surface area contributed by atoms with Crippen LogP contribution in [0.4, 0.5) is 16.2 Å². The van der Waals surface area contributed by atoms with E-state index >= 15 is 0 Å². The average molecular weight is 410 g/mol. The molecule has 0 unspecified atom stereocenters. The van der Waals surface area contributed by atoms with E-state index < -0.39 is 0 Å². The summed E-state index contributed by atoms with van der Waals surface area (Å²) in [5.41, 5.74) is 2.19. The van der Waals surface area contributed by atoms with Crippen LogP contribution in [-0.4, -0.2) is 18.5 Å². The molecule has 7 heteroatoms. The first-order chi connectivity index (χ1) is 14.1. The van der Waals surface area contributed by atoms with Gasteiger partial charge in [-0.25, -0.2) is 4.79 Å². The van der Waals surface area contributed by atoms with Gasteiger partial charge in [0, 0.05) is 29.0 Å². The summed E-state index contributed by atoms with van der Waals surface area (Å²) < 4.78 is 5.51. The lowest BCUT2D eigenvalue weighted by molar-refractivity contribution is -0.118. The first-order valence-electron chi connectivity index (χ1n) is 8.95. The van der Waals surface area contributed by atoms with Gasteiger partial charge in [0.05, 0.1) is 0 Å². The molecule has 0 heterocycles. The lowest BCUT2D eigenvalue weighted by Gasteiger charge is -2.10. The number of nitrogens with one attached hydrogen (secondary N) is 3. The van der Waals surface area contributed by atoms with Gasteiger partial charge in [-0.3, -0.25) is 4.79 Å². The molecule has 0 aromatic heterocycles. The zero-order valence-corrected chi connectivity index (χ0v) is 16.3. The quantitative estimate of drug-likeness (QED) is 0.530. The predicted octanol–water partition coefficient (Wildman–Crippen LogP) is 4.68. The summed E-state index contributed by atoms with van der Waals surface area (Å²) in [5, 5.41) is 8.89. The Bertz CT molecular complexity index is 963. The number of ether oxygens (including phenoxy) is 1. The van der Waals surface area contributed by atoms with Crippen molar-refractivity contribution in [2.24, 2.45) is 0 Å². The van der Waals surface area contributed by atoms with Gasteiger partial charge in [-0.1, -0.05) is 48.0 Å². The fourth-order valence-corrected chi connectivity index (χ4v) is 2.62. The van der Waals surface area contributed by atoms with Gasteiger partial charge in [0.15, 0.2) is 6.61 Å². The highest BCUT2D eigenvalue weighted by atomic mass is 35.5. The van der Waals surface area contributed by atoms with Crippen molar-refractivity contribution in [1.82, 2.24) is 5.32 Å². The Morgan fingerprint density at radius 1 is 0.828 bits per heavy atom. The van der Waals surface area contributed by atoms with Gasteiger partial charge in [0.25, 0.3) is 5.91 Å². The fraction of sp³-hybridized carbons (Fsp3) is 0.0909. The van der Waals surface area contributed by atoms with Crippen LogP contribution in [0.25, 0.3) is 0 Å².